The lowest BCUT2D eigenvalue weighted by molar-refractivity contribution is 0.753. The van der Waals surface area contributed by atoms with Crippen LogP contribution < -0.4 is 5.32 Å². The summed E-state index contributed by atoms with van der Waals surface area (Å²) < 4.78 is 0. The fourth-order valence-electron chi connectivity index (χ4n) is 1.60. The number of aryl methyl sites for hydroxylation is 2. The summed E-state index contributed by atoms with van der Waals surface area (Å²) >= 11 is 0. The van der Waals surface area contributed by atoms with E-state index in [1.807, 2.05) is 7.05 Å². The van der Waals surface area contributed by atoms with Gasteiger partial charge in [0.15, 0.2) is 0 Å². The zero-order chi connectivity index (χ0) is 7.68. The molecule has 1 heterocycles. The van der Waals surface area contributed by atoms with Crippen LogP contribution in [0.1, 0.15) is 23.6 Å². The maximum absolute atomic E-state index is 4.46. The smallest absolute Gasteiger partial charge is 0.120 e. The molecule has 1 aromatic rings. The summed E-state index contributed by atoms with van der Waals surface area (Å²) in [4.78, 5) is 7.78. The molecule has 0 saturated heterocycles. The Kier molecular flexibility index (Phi) is 1.66. The molecule has 0 unspecified atom stereocenters. The highest BCUT2D eigenvalue weighted by Crippen LogP contribution is 2.18. The average molecular weight is 151 g/mol. The SMILES string of the molecule is CNCc1nc2c([nH]1)CCC2. The molecular weight excluding hydrogens is 138 g/mol. The van der Waals surface area contributed by atoms with E-state index in [9.17, 15) is 0 Å². The standard InChI is InChI=1S/C8H13N3/c1-9-5-8-10-6-3-2-4-7(6)11-8/h9H,2-5H2,1H3,(H,10,11). The fourth-order valence-corrected chi connectivity index (χ4v) is 1.60. The zero-order valence-corrected chi connectivity index (χ0v) is 6.78. The Morgan fingerprint density at radius 1 is 1.55 bits per heavy atom. The van der Waals surface area contributed by atoms with Crippen molar-refractivity contribution in [3.05, 3.63) is 17.2 Å². The highest BCUT2D eigenvalue weighted by Gasteiger charge is 2.14. The second-order valence-corrected chi connectivity index (χ2v) is 2.99. The van der Waals surface area contributed by atoms with Gasteiger partial charge in [0.05, 0.1) is 12.2 Å². The van der Waals surface area contributed by atoms with E-state index >= 15 is 0 Å². The lowest BCUT2D eigenvalue weighted by Gasteiger charge is -1.92. The van der Waals surface area contributed by atoms with Crippen LogP contribution in [0.2, 0.25) is 0 Å². The molecule has 1 aliphatic rings. The third kappa shape index (κ3) is 1.16. The third-order valence-electron chi connectivity index (χ3n) is 2.10. The molecule has 0 amide bonds. The van der Waals surface area contributed by atoms with Gasteiger partial charge in [0.1, 0.15) is 5.82 Å². The van der Waals surface area contributed by atoms with Crippen molar-refractivity contribution in [1.29, 1.82) is 0 Å². The lowest BCUT2D eigenvalue weighted by Crippen LogP contribution is -2.06. The molecule has 60 valence electrons. The summed E-state index contributed by atoms with van der Waals surface area (Å²) in [5, 5.41) is 3.08. The second kappa shape index (κ2) is 2.66. The molecule has 2 N–H and O–H groups in total. The van der Waals surface area contributed by atoms with Crippen LogP contribution in [-0.4, -0.2) is 17.0 Å². The van der Waals surface area contributed by atoms with Crippen LogP contribution in [0.5, 0.6) is 0 Å². The highest BCUT2D eigenvalue weighted by atomic mass is 15.0. The molecule has 1 aromatic heterocycles. The highest BCUT2D eigenvalue weighted by molar-refractivity contribution is 5.19. The molecule has 0 radical (unpaired) electrons. The Morgan fingerprint density at radius 2 is 2.45 bits per heavy atom. The van der Waals surface area contributed by atoms with Crippen LogP contribution in [0.25, 0.3) is 0 Å². The molecule has 0 saturated carbocycles. The molecule has 0 bridgehead atoms. The topological polar surface area (TPSA) is 40.7 Å². The number of aromatic amines is 1. The van der Waals surface area contributed by atoms with Gasteiger partial charge in [-0.1, -0.05) is 0 Å². The van der Waals surface area contributed by atoms with Crippen LogP contribution in [-0.2, 0) is 19.4 Å². The van der Waals surface area contributed by atoms with Crippen molar-refractivity contribution in [2.75, 3.05) is 7.05 Å². The van der Waals surface area contributed by atoms with Crippen LogP contribution in [0.3, 0.4) is 0 Å². The lowest BCUT2D eigenvalue weighted by atomic mass is 10.3. The maximum Gasteiger partial charge on any atom is 0.120 e. The van der Waals surface area contributed by atoms with Crippen molar-refractivity contribution >= 4 is 0 Å². The van der Waals surface area contributed by atoms with E-state index in [0.29, 0.717) is 0 Å². The number of nitrogens with one attached hydrogen (secondary N) is 2. The molecular formula is C8H13N3. The molecule has 1 aliphatic carbocycles. The number of rotatable bonds is 2. The Bertz CT molecular complexity index is 230. The van der Waals surface area contributed by atoms with Gasteiger partial charge in [-0.3, -0.25) is 0 Å². The first-order chi connectivity index (χ1) is 5.40. The van der Waals surface area contributed by atoms with Crippen molar-refractivity contribution in [3.8, 4) is 0 Å². The fraction of sp³-hybridized carbons (Fsp3) is 0.625. The first kappa shape index (κ1) is 6.85. The van der Waals surface area contributed by atoms with Gasteiger partial charge >= 0.3 is 0 Å². The summed E-state index contributed by atoms with van der Waals surface area (Å²) in [6.45, 7) is 0.854. The van der Waals surface area contributed by atoms with Crippen molar-refractivity contribution in [2.45, 2.75) is 25.8 Å². The van der Waals surface area contributed by atoms with Crippen molar-refractivity contribution in [3.63, 3.8) is 0 Å². The van der Waals surface area contributed by atoms with Crippen LogP contribution in [0.15, 0.2) is 0 Å². The number of imidazole rings is 1. The molecule has 0 atom stereocenters. The van der Waals surface area contributed by atoms with E-state index < -0.39 is 0 Å². The molecule has 2 rings (SSSR count). The quantitative estimate of drug-likeness (QED) is 0.650. The van der Waals surface area contributed by atoms with Crippen molar-refractivity contribution in [1.82, 2.24) is 15.3 Å². The summed E-state index contributed by atoms with van der Waals surface area (Å²) in [5.41, 5.74) is 2.64. The monoisotopic (exact) mass is 151 g/mol. The number of aromatic nitrogens is 2. The third-order valence-corrected chi connectivity index (χ3v) is 2.10. The van der Waals surface area contributed by atoms with Crippen LogP contribution in [0.4, 0.5) is 0 Å². The molecule has 3 heteroatoms. The summed E-state index contributed by atoms with van der Waals surface area (Å²) in [5.74, 6) is 1.08. The van der Waals surface area contributed by atoms with Gasteiger partial charge in [0.25, 0.3) is 0 Å². The van der Waals surface area contributed by atoms with Gasteiger partial charge in [0.2, 0.25) is 0 Å². The first-order valence-corrected chi connectivity index (χ1v) is 4.11. The van der Waals surface area contributed by atoms with Gasteiger partial charge in [-0.15, -0.1) is 0 Å². The Morgan fingerprint density at radius 3 is 3.18 bits per heavy atom. The Labute approximate surface area is 66.2 Å². The maximum atomic E-state index is 4.46. The van der Waals surface area contributed by atoms with E-state index in [4.69, 9.17) is 0 Å². The van der Waals surface area contributed by atoms with E-state index in [1.165, 1.54) is 24.2 Å². The molecule has 0 aliphatic heterocycles. The number of hydrogen-bond donors (Lipinski definition) is 2. The van der Waals surface area contributed by atoms with Gasteiger partial charge in [-0.2, -0.15) is 0 Å². The van der Waals surface area contributed by atoms with Crippen molar-refractivity contribution in [2.24, 2.45) is 0 Å². The van der Waals surface area contributed by atoms with Crippen LogP contribution in [0, 0.1) is 0 Å². The number of fused-ring (bicyclic) bond motifs is 1. The molecule has 11 heavy (non-hydrogen) atoms. The van der Waals surface area contributed by atoms with E-state index in [2.05, 4.69) is 15.3 Å². The van der Waals surface area contributed by atoms with Crippen molar-refractivity contribution < 1.29 is 0 Å². The molecule has 3 nitrogen and oxygen atoms in total. The van der Waals surface area contributed by atoms with E-state index in [1.54, 1.807) is 0 Å². The summed E-state index contributed by atoms with van der Waals surface area (Å²) in [6.07, 6.45) is 3.62. The van der Waals surface area contributed by atoms with Gasteiger partial charge in [-0.25, -0.2) is 4.98 Å². The predicted molar refractivity (Wildman–Crippen MR) is 43.4 cm³/mol. The minimum absolute atomic E-state index is 0.854. The van der Waals surface area contributed by atoms with Gasteiger partial charge < -0.3 is 10.3 Å². The zero-order valence-electron chi connectivity index (χ0n) is 6.78. The minimum Gasteiger partial charge on any atom is -0.345 e. The Balaban J connectivity index is 2.20. The van der Waals surface area contributed by atoms with Crippen LogP contribution >= 0.6 is 0 Å². The average Bonchev–Trinajstić information content (AvgIpc) is 2.46. The van der Waals surface area contributed by atoms with Gasteiger partial charge in [0, 0.05) is 5.69 Å². The van der Waals surface area contributed by atoms with Gasteiger partial charge in [-0.05, 0) is 26.3 Å². The summed E-state index contributed by atoms with van der Waals surface area (Å²) in [6, 6.07) is 0. The second-order valence-electron chi connectivity index (χ2n) is 2.99. The largest absolute Gasteiger partial charge is 0.345 e. The predicted octanol–water partition coefficient (Wildman–Crippen LogP) is 0.618. The minimum atomic E-state index is 0.854. The number of hydrogen-bond acceptors (Lipinski definition) is 2. The van der Waals surface area contributed by atoms with E-state index in [0.717, 1.165) is 18.8 Å². The first-order valence-electron chi connectivity index (χ1n) is 4.11. The normalized spacial score (nSPS) is 15.4. The number of nitrogens with zero attached hydrogens (tertiary/aromatic N) is 1. The molecule has 0 aromatic carbocycles. The van der Waals surface area contributed by atoms with E-state index in [-0.39, 0.29) is 0 Å². The molecule has 0 spiro atoms. The number of H-pyrrole nitrogens is 1. The summed E-state index contributed by atoms with van der Waals surface area (Å²) in [7, 11) is 1.94. The molecule has 0 fully saturated rings. The Hall–Kier alpha value is -0.830.